The molecule has 1 saturated heterocycles. The largest absolute Gasteiger partial charge is 0.465 e. The van der Waals surface area contributed by atoms with Crippen LogP contribution in [0.5, 0.6) is 0 Å². The summed E-state index contributed by atoms with van der Waals surface area (Å²) in [6, 6.07) is 14.5. The van der Waals surface area contributed by atoms with E-state index in [1.807, 2.05) is 24.3 Å². The zero-order chi connectivity index (χ0) is 25.0. The molecule has 2 heterocycles. The first-order chi connectivity index (χ1) is 16.8. The lowest BCUT2D eigenvalue weighted by Crippen LogP contribution is -2.49. The SMILES string of the molecule is COC(=O)c1ccc(CN(C(=O)N2CCS(=O)(=O)CC2)c2ccc(-c3ccncc3)cc2)c(F)c1. The Bertz CT molecular complexity index is 1320. The molecular formula is C25H24FN3O5S. The molecule has 0 aliphatic carbocycles. The van der Waals surface area contributed by atoms with Gasteiger partial charge in [-0.1, -0.05) is 18.2 Å². The number of aromatic nitrogens is 1. The summed E-state index contributed by atoms with van der Waals surface area (Å²) in [7, 11) is -1.97. The zero-order valence-corrected chi connectivity index (χ0v) is 19.9. The second kappa shape index (κ2) is 10.2. The van der Waals surface area contributed by atoms with Gasteiger partial charge in [0, 0.05) is 36.7 Å². The van der Waals surface area contributed by atoms with E-state index in [1.165, 1.54) is 29.0 Å². The minimum absolute atomic E-state index is 0.0644. The number of nitrogens with zero attached hydrogens (tertiary/aromatic N) is 3. The van der Waals surface area contributed by atoms with E-state index >= 15 is 0 Å². The smallest absolute Gasteiger partial charge is 0.337 e. The number of hydrogen-bond acceptors (Lipinski definition) is 6. The number of pyridine rings is 1. The standard InChI is InChI=1S/C25H24FN3O5S/c1-34-24(30)20-2-3-21(23(26)16-20)17-29(25(31)28-12-14-35(32,33)15-13-28)22-6-4-18(5-7-22)19-8-10-27-11-9-19/h2-11,16H,12-15,17H2,1H3. The molecule has 1 aromatic heterocycles. The molecule has 0 unspecified atom stereocenters. The van der Waals surface area contributed by atoms with Crippen LogP contribution in [0.1, 0.15) is 15.9 Å². The lowest BCUT2D eigenvalue weighted by molar-refractivity contribution is 0.0600. The highest BCUT2D eigenvalue weighted by atomic mass is 32.2. The number of halogens is 1. The quantitative estimate of drug-likeness (QED) is 0.501. The van der Waals surface area contributed by atoms with Crippen molar-refractivity contribution in [1.29, 1.82) is 0 Å². The molecule has 1 aliphatic rings. The molecule has 182 valence electrons. The van der Waals surface area contributed by atoms with E-state index in [0.717, 1.165) is 17.2 Å². The van der Waals surface area contributed by atoms with Crippen LogP contribution in [0.25, 0.3) is 11.1 Å². The number of benzene rings is 2. The number of hydrogen-bond donors (Lipinski definition) is 0. The van der Waals surface area contributed by atoms with Crippen LogP contribution in [0.4, 0.5) is 14.9 Å². The minimum Gasteiger partial charge on any atom is -0.465 e. The molecule has 0 atom stereocenters. The van der Waals surface area contributed by atoms with Gasteiger partial charge in [-0.2, -0.15) is 0 Å². The van der Waals surface area contributed by atoms with E-state index in [0.29, 0.717) is 5.69 Å². The number of anilines is 1. The lowest BCUT2D eigenvalue weighted by Gasteiger charge is -2.33. The first-order valence-corrected chi connectivity index (χ1v) is 12.7. The van der Waals surface area contributed by atoms with Crippen molar-refractivity contribution in [3.63, 3.8) is 0 Å². The summed E-state index contributed by atoms with van der Waals surface area (Å²) in [6.45, 7) is 0.0248. The van der Waals surface area contributed by atoms with Gasteiger partial charge in [0.2, 0.25) is 0 Å². The molecule has 3 aromatic rings. The zero-order valence-electron chi connectivity index (χ0n) is 19.1. The number of methoxy groups -OCH3 is 1. The second-order valence-corrected chi connectivity index (χ2v) is 10.4. The summed E-state index contributed by atoms with van der Waals surface area (Å²) >= 11 is 0. The van der Waals surface area contributed by atoms with Crippen LogP contribution in [0.2, 0.25) is 0 Å². The van der Waals surface area contributed by atoms with Crippen molar-refractivity contribution in [3.8, 4) is 11.1 Å². The molecule has 8 nitrogen and oxygen atoms in total. The minimum atomic E-state index is -3.18. The van der Waals surface area contributed by atoms with E-state index in [2.05, 4.69) is 9.72 Å². The van der Waals surface area contributed by atoms with Crippen LogP contribution in [-0.2, 0) is 21.1 Å². The van der Waals surface area contributed by atoms with Gasteiger partial charge in [-0.05, 0) is 47.5 Å². The summed E-state index contributed by atoms with van der Waals surface area (Å²) in [4.78, 5) is 32.1. The molecule has 10 heteroatoms. The summed E-state index contributed by atoms with van der Waals surface area (Å²) in [5.74, 6) is -1.55. The maximum absolute atomic E-state index is 14.9. The van der Waals surface area contributed by atoms with Crippen molar-refractivity contribution in [1.82, 2.24) is 9.88 Å². The fourth-order valence-electron chi connectivity index (χ4n) is 3.81. The molecule has 0 bridgehead atoms. The van der Waals surface area contributed by atoms with Crippen LogP contribution in [-0.4, -0.2) is 62.0 Å². The molecule has 0 N–H and O–H groups in total. The third-order valence-corrected chi connectivity index (χ3v) is 7.45. The number of rotatable bonds is 5. The monoisotopic (exact) mass is 497 g/mol. The Hall–Kier alpha value is -3.79. The highest BCUT2D eigenvalue weighted by Crippen LogP contribution is 2.26. The molecule has 4 rings (SSSR count). The predicted octanol–water partition coefficient (Wildman–Crippen LogP) is 3.53. The molecule has 2 amide bonds. The topological polar surface area (TPSA) is 96.9 Å². The summed E-state index contributed by atoms with van der Waals surface area (Å²) in [5.41, 5.74) is 2.66. The Balaban J connectivity index is 1.64. The first kappa shape index (κ1) is 24.3. The van der Waals surface area contributed by atoms with Crippen LogP contribution in [0.3, 0.4) is 0 Å². The molecular weight excluding hydrogens is 473 g/mol. The van der Waals surface area contributed by atoms with Gasteiger partial charge < -0.3 is 9.64 Å². The number of sulfone groups is 1. The highest BCUT2D eigenvalue weighted by Gasteiger charge is 2.29. The number of urea groups is 1. The van der Waals surface area contributed by atoms with E-state index in [4.69, 9.17) is 0 Å². The lowest BCUT2D eigenvalue weighted by atomic mass is 10.1. The Kier molecular flexibility index (Phi) is 7.11. The van der Waals surface area contributed by atoms with Crippen molar-refractivity contribution < 1.29 is 27.1 Å². The van der Waals surface area contributed by atoms with E-state index < -0.39 is 27.7 Å². The van der Waals surface area contributed by atoms with E-state index in [9.17, 15) is 22.4 Å². The number of carbonyl (C=O) groups is 2. The van der Waals surface area contributed by atoms with Crippen molar-refractivity contribution in [2.24, 2.45) is 0 Å². The number of carbonyl (C=O) groups excluding carboxylic acids is 2. The van der Waals surface area contributed by atoms with Gasteiger partial charge in [0.25, 0.3) is 0 Å². The third kappa shape index (κ3) is 5.65. The molecule has 2 aromatic carbocycles. The van der Waals surface area contributed by atoms with Gasteiger partial charge in [-0.15, -0.1) is 0 Å². The van der Waals surface area contributed by atoms with Gasteiger partial charge in [0.05, 0.1) is 30.7 Å². The second-order valence-electron chi connectivity index (χ2n) is 8.09. The van der Waals surface area contributed by atoms with Gasteiger partial charge in [-0.3, -0.25) is 9.88 Å². The van der Waals surface area contributed by atoms with Crippen LogP contribution >= 0.6 is 0 Å². The normalized spacial score (nSPS) is 14.9. The summed E-state index contributed by atoms with van der Waals surface area (Å²) in [6.07, 6.45) is 3.37. The summed E-state index contributed by atoms with van der Waals surface area (Å²) in [5, 5.41) is 0. The Morgan fingerprint density at radius 3 is 2.23 bits per heavy atom. The van der Waals surface area contributed by atoms with Crippen molar-refractivity contribution in [3.05, 3.63) is 83.9 Å². The Morgan fingerprint density at radius 1 is 1.00 bits per heavy atom. The molecule has 0 saturated carbocycles. The highest BCUT2D eigenvalue weighted by molar-refractivity contribution is 7.91. The van der Waals surface area contributed by atoms with Crippen molar-refractivity contribution >= 4 is 27.5 Å². The van der Waals surface area contributed by atoms with Gasteiger partial charge >= 0.3 is 12.0 Å². The number of amides is 2. The Morgan fingerprint density at radius 2 is 1.63 bits per heavy atom. The maximum atomic E-state index is 14.9. The van der Waals surface area contributed by atoms with Gasteiger partial charge in [0.1, 0.15) is 5.82 Å². The summed E-state index contributed by atoms with van der Waals surface area (Å²) < 4.78 is 43.2. The molecule has 1 aliphatic heterocycles. The fourth-order valence-corrected chi connectivity index (χ4v) is 5.01. The number of esters is 1. The molecule has 1 fully saturated rings. The average molecular weight is 498 g/mol. The fraction of sp³-hybridized carbons (Fsp3) is 0.240. The number of ether oxygens (including phenoxy) is 1. The van der Waals surface area contributed by atoms with Crippen LogP contribution in [0, 0.1) is 5.82 Å². The Labute approximate surface area is 202 Å². The molecule has 0 radical (unpaired) electrons. The maximum Gasteiger partial charge on any atom is 0.337 e. The average Bonchev–Trinajstić information content (AvgIpc) is 2.88. The van der Waals surface area contributed by atoms with Crippen LogP contribution < -0.4 is 4.90 Å². The molecule has 0 spiro atoms. The van der Waals surface area contributed by atoms with Crippen molar-refractivity contribution in [2.45, 2.75) is 6.54 Å². The third-order valence-electron chi connectivity index (χ3n) is 5.84. The van der Waals surface area contributed by atoms with Crippen LogP contribution in [0.15, 0.2) is 67.0 Å². The first-order valence-electron chi connectivity index (χ1n) is 10.9. The van der Waals surface area contributed by atoms with Crippen molar-refractivity contribution in [2.75, 3.05) is 36.6 Å². The van der Waals surface area contributed by atoms with E-state index in [-0.39, 0.29) is 42.3 Å². The van der Waals surface area contributed by atoms with Gasteiger partial charge in [0.15, 0.2) is 9.84 Å². The van der Waals surface area contributed by atoms with E-state index in [1.54, 1.807) is 24.5 Å². The predicted molar refractivity (Wildman–Crippen MR) is 129 cm³/mol. The van der Waals surface area contributed by atoms with Gasteiger partial charge in [-0.25, -0.2) is 22.4 Å². The molecule has 35 heavy (non-hydrogen) atoms.